The van der Waals surface area contributed by atoms with E-state index in [0.29, 0.717) is 24.4 Å². The Hall–Kier alpha value is -3.06. The maximum atomic E-state index is 12.4. The number of anilines is 2. The van der Waals surface area contributed by atoms with Crippen LogP contribution in [0.25, 0.3) is 0 Å². The van der Waals surface area contributed by atoms with Gasteiger partial charge in [0.25, 0.3) is 5.91 Å². The van der Waals surface area contributed by atoms with E-state index in [9.17, 15) is 9.59 Å². The first-order valence-electron chi connectivity index (χ1n) is 12.4. The molecule has 3 rings (SSSR count). The van der Waals surface area contributed by atoms with Gasteiger partial charge in [0, 0.05) is 36.2 Å². The summed E-state index contributed by atoms with van der Waals surface area (Å²) in [6.45, 7) is 4.31. The number of nitrogens with one attached hydrogen (secondary N) is 3. The van der Waals surface area contributed by atoms with Crippen molar-refractivity contribution in [2.75, 3.05) is 36.9 Å². The fraction of sp³-hybridized carbons (Fsp3) is 0.481. The number of amides is 2. The summed E-state index contributed by atoms with van der Waals surface area (Å²) in [5.41, 5.74) is 2.05. The summed E-state index contributed by atoms with van der Waals surface area (Å²) in [7, 11) is 0. The highest BCUT2D eigenvalue weighted by Gasteiger charge is 2.16. The largest absolute Gasteiger partial charge is 0.494 e. The van der Waals surface area contributed by atoms with Crippen molar-refractivity contribution in [3.8, 4) is 5.75 Å². The molecule has 1 atom stereocenters. The number of rotatable bonds is 14. The predicted octanol–water partition coefficient (Wildman–Crippen LogP) is 5.00. The van der Waals surface area contributed by atoms with E-state index in [1.807, 2.05) is 24.3 Å². The number of unbranched alkanes of at least 4 members (excludes halogenated alkanes) is 4. The SMILES string of the molecule is CCCCCCCOc1cccc(NC(=O)CNc2ccc(C(=O)NCC3CCCO3)cc2)c1. The van der Waals surface area contributed by atoms with Crippen LogP contribution in [-0.4, -0.2) is 44.2 Å². The van der Waals surface area contributed by atoms with E-state index in [1.54, 1.807) is 24.3 Å². The van der Waals surface area contributed by atoms with E-state index in [-0.39, 0.29) is 24.5 Å². The number of carbonyl (C=O) groups is 2. The van der Waals surface area contributed by atoms with Crippen molar-refractivity contribution in [1.29, 1.82) is 0 Å². The Morgan fingerprint density at radius 2 is 1.85 bits per heavy atom. The smallest absolute Gasteiger partial charge is 0.251 e. The molecule has 2 aromatic rings. The van der Waals surface area contributed by atoms with Crippen LogP contribution in [0, 0.1) is 0 Å². The summed E-state index contributed by atoms with van der Waals surface area (Å²) < 4.78 is 11.3. The summed E-state index contributed by atoms with van der Waals surface area (Å²) in [4.78, 5) is 24.6. The minimum Gasteiger partial charge on any atom is -0.494 e. The van der Waals surface area contributed by atoms with Crippen LogP contribution in [0.2, 0.25) is 0 Å². The first kappa shape index (κ1) is 25.6. The number of benzene rings is 2. The molecule has 1 heterocycles. The highest BCUT2D eigenvalue weighted by atomic mass is 16.5. The monoisotopic (exact) mass is 467 g/mol. The van der Waals surface area contributed by atoms with Crippen molar-refractivity contribution in [2.24, 2.45) is 0 Å². The Morgan fingerprint density at radius 3 is 2.62 bits per heavy atom. The minimum atomic E-state index is -0.157. The number of hydrogen-bond donors (Lipinski definition) is 3. The molecule has 34 heavy (non-hydrogen) atoms. The average Bonchev–Trinajstić information content (AvgIpc) is 3.38. The molecule has 2 amide bonds. The lowest BCUT2D eigenvalue weighted by molar-refractivity contribution is -0.114. The number of ether oxygens (including phenoxy) is 2. The average molecular weight is 468 g/mol. The molecular formula is C27H37N3O4. The second-order valence-corrected chi connectivity index (χ2v) is 8.61. The van der Waals surface area contributed by atoms with Gasteiger partial charge in [0.1, 0.15) is 5.75 Å². The van der Waals surface area contributed by atoms with Gasteiger partial charge in [-0.2, -0.15) is 0 Å². The summed E-state index contributed by atoms with van der Waals surface area (Å²) in [6.07, 6.45) is 8.11. The molecule has 0 saturated carbocycles. The second-order valence-electron chi connectivity index (χ2n) is 8.61. The van der Waals surface area contributed by atoms with E-state index in [1.165, 1.54) is 25.7 Å². The van der Waals surface area contributed by atoms with Gasteiger partial charge in [0.2, 0.25) is 5.91 Å². The first-order chi connectivity index (χ1) is 16.6. The van der Waals surface area contributed by atoms with Crippen molar-refractivity contribution in [1.82, 2.24) is 5.32 Å². The molecule has 2 aromatic carbocycles. The van der Waals surface area contributed by atoms with E-state index in [4.69, 9.17) is 9.47 Å². The van der Waals surface area contributed by atoms with Crippen molar-refractivity contribution in [2.45, 2.75) is 58.0 Å². The van der Waals surface area contributed by atoms with Gasteiger partial charge in [0.05, 0.1) is 19.3 Å². The van der Waals surface area contributed by atoms with Gasteiger partial charge in [-0.1, -0.05) is 38.7 Å². The van der Waals surface area contributed by atoms with Gasteiger partial charge >= 0.3 is 0 Å². The molecule has 184 valence electrons. The molecular weight excluding hydrogens is 430 g/mol. The lowest BCUT2D eigenvalue weighted by atomic mass is 10.2. The zero-order chi connectivity index (χ0) is 24.0. The molecule has 1 aliphatic rings. The number of hydrogen-bond acceptors (Lipinski definition) is 5. The fourth-order valence-corrected chi connectivity index (χ4v) is 3.80. The third-order valence-corrected chi connectivity index (χ3v) is 5.75. The Bertz CT molecular complexity index is 895. The molecule has 0 bridgehead atoms. The lowest BCUT2D eigenvalue weighted by Crippen LogP contribution is -2.31. The van der Waals surface area contributed by atoms with Crippen LogP contribution in [0.15, 0.2) is 48.5 Å². The van der Waals surface area contributed by atoms with Crippen molar-refractivity contribution >= 4 is 23.2 Å². The fourth-order valence-electron chi connectivity index (χ4n) is 3.80. The minimum absolute atomic E-state index is 0.117. The van der Waals surface area contributed by atoms with Crippen LogP contribution >= 0.6 is 0 Å². The molecule has 0 aromatic heterocycles. The summed E-state index contributed by atoms with van der Waals surface area (Å²) in [6, 6.07) is 14.5. The quantitative estimate of drug-likeness (QED) is 0.341. The highest BCUT2D eigenvalue weighted by Crippen LogP contribution is 2.18. The third kappa shape index (κ3) is 9.06. The van der Waals surface area contributed by atoms with Gasteiger partial charge in [-0.15, -0.1) is 0 Å². The van der Waals surface area contributed by atoms with Crippen molar-refractivity contribution < 1.29 is 19.1 Å². The van der Waals surface area contributed by atoms with Crippen molar-refractivity contribution in [3.05, 3.63) is 54.1 Å². The van der Waals surface area contributed by atoms with Gasteiger partial charge in [0.15, 0.2) is 0 Å². The molecule has 1 saturated heterocycles. The molecule has 0 radical (unpaired) electrons. The summed E-state index contributed by atoms with van der Waals surface area (Å²) >= 11 is 0. The zero-order valence-electron chi connectivity index (χ0n) is 20.1. The van der Waals surface area contributed by atoms with E-state index in [0.717, 1.165) is 37.3 Å². The number of carbonyl (C=O) groups excluding carboxylic acids is 2. The van der Waals surface area contributed by atoms with Gasteiger partial charge in [-0.3, -0.25) is 9.59 Å². The van der Waals surface area contributed by atoms with Crippen molar-refractivity contribution in [3.63, 3.8) is 0 Å². The standard InChI is InChI=1S/C27H37N3O4/c1-2-3-4-5-6-16-33-24-10-7-9-23(18-24)30-26(31)20-28-22-14-12-21(13-15-22)27(32)29-19-25-11-8-17-34-25/h7,9-10,12-15,18,25,28H,2-6,8,11,16-17,19-20H2,1H3,(H,29,32)(H,30,31). The normalized spacial score (nSPS) is 15.0. The molecule has 1 unspecified atom stereocenters. The van der Waals surface area contributed by atoms with Crippen LogP contribution in [-0.2, 0) is 9.53 Å². The lowest BCUT2D eigenvalue weighted by Gasteiger charge is -2.12. The van der Waals surface area contributed by atoms with Crippen LogP contribution in [0.1, 0.15) is 62.2 Å². The highest BCUT2D eigenvalue weighted by molar-refractivity contribution is 5.95. The van der Waals surface area contributed by atoms with E-state index >= 15 is 0 Å². The van der Waals surface area contributed by atoms with Gasteiger partial charge in [-0.25, -0.2) is 0 Å². The second kappa shape index (κ2) is 14.3. The Kier molecular flexibility index (Phi) is 10.7. The van der Waals surface area contributed by atoms with Crippen LogP contribution in [0.4, 0.5) is 11.4 Å². The Labute approximate surface area is 202 Å². The van der Waals surface area contributed by atoms with Crippen LogP contribution in [0.5, 0.6) is 5.75 Å². The maximum Gasteiger partial charge on any atom is 0.251 e. The predicted molar refractivity (Wildman–Crippen MR) is 136 cm³/mol. The molecule has 1 aliphatic heterocycles. The zero-order valence-corrected chi connectivity index (χ0v) is 20.1. The van der Waals surface area contributed by atoms with Crippen LogP contribution < -0.4 is 20.7 Å². The topological polar surface area (TPSA) is 88.7 Å². The molecule has 0 spiro atoms. The molecule has 1 fully saturated rings. The Balaban J connectivity index is 1.36. The molecule has 0 aliphatic carbocycles. The van der Waals surface area contributed by atoms with Crippen LogP contribution in [0.3, 0.4) is 0 Å². The van der Waals surface area contributed by atoms with Gasteiger partial charge in [-0.05, 0) is 55.7 Å². The van der Waals surface area contributed by atoms with E-state index in [2.05, 4.69) is 22.9 Å². The first-order valence-corrected chi connectivity index (χ1v) is 12.4. The molecule has 3 N–H and O–H groups in total. The molecule has 7 heteroatoms. The molecule has 7 nitrogen and oxygen atoms in total. The van der Waals surface area contributed by atoms with E-state index < -0.39 is 0 Å². The maximum absolute atomic E-state index is 12.4. The third-order valence-electron chi connectivity index (χ3n) is 5.75. The summed E-state index contributed by atoms with van der Waals surface area (Å²) in [5.74, 6) is 0.479. The Morgan fingerprint density at radius 1 is 1.03 bits per heavy atom. The van der Waals surface area contributed by atoms with Gasteiger partial charge < -0.3 is 25.4 Å². The summed E-state index contributed by atoms with van der Waals surface area (Å²) in [5, 5.41) is 8.88.